The van der Waals surface area contributed by atoms with E-state index in [0.717, 1.165) is 0 Å². The Labute approximate surface area is 123 Å². The molecular formula is C12H31Br2N2-. The summed E-state index contributed by atoms with van der Waals surface area (Å²) in [6, 6.07) is 0. The summed E-state index contributed by atoms with van der Waals surface area (Å²) in [5.74, 6) is 0. The monoisotopic (exact) mass is 361 g/mol. The normalized spacial score (nSPS) is 8.62. The van der Waals surface area contributed by atoms with Crippen LogP contribution in [-0.4, -0.2) is 13.1 Å². The molecule has 0 bridgehead atoms. The first-order chi connectivity index (χ1) is 6.41. The van der Waals surface area contributed by atoms with Crippen molar-refractivity contribution in [2.45, 2.75) is 65.2 Å². The summed E-state index contributed by atoms with van der Waals surface area (Å²) in [5, 5.41) is 2.49. The van der Waals surface area contributed by atoms with Gasteiger partial charge in [-0.1, -0.05) is 39.5 Å². The standard InChI is InChI=1S/C12H27N.2BrH.H3N/c1-3-5-7-9-11-13-12-10-8-6-4-2;;;/h13H,3-12H2,1-2H3;2*1H;1H3/p-1. The molecule has 2 nitrogen and oxygen atoms in total. The van der Waals surface area contributed by atoms with Crippen molar-refractivity contribution >= 4 is 0 Å². The molecule has 0 saturated carbocycles. The Bertz CT molecular complexity index is 83.1. The second-order valence-electron chi connectivity index (χ2n) is 3.99. The van der Waals surface area contributed by atoms with E-state index in [2.05, 4.69) is 19.2 Å². The molecule has 4 heteroatoms. The summed E-state index contributed by atoms with van der Waals surface area (Å²) in [5.41, 5.74) is 0. The molecule has 5 N–H and O–H groups in total. The van der Waals surface area contributed by atoms with E-state index in [4.69, 9.17) is 0 Å². The molecule has 0 atom stereocenters. The maximum atomic E-state index is 2.49. The lowest BCUT2D eigenvalue weighted by atomic mass is 10.2. The molecule has 0 fully saturated rings. The van der Waals surface area contributed by atoms with Gasteiger partial charge in [-0.25, -0.2) is 0 Å². The number of halogens is 2. The third kappa shape index (κ3) is 24.2. The second-order valence-corrected chi connectivity index (χ2v) is 3.99. The highest BCUT2D eigenvalue weighted by Crippen LogP contribution is 1.96. The maximum Gasteiger partial charge on any atom is 0.0755 e. The minimum Gasteiger partial charge on any atom is -1.00 e. The van der Waals surface area contributed by atoms with E-state index in [1.165, 1.54) is 64.5 Å². The van der Waals surface area contributed by atoms with E-state index in [-0.39, 0.29) is 40.1 Å². The average Bonchev–Trinajstić information content (AvgIpc) is 2.16. The van der Waals surface area contributed by atoms with Crippen molar-refractivity contribution in [3.8, 4) is 0 Å². The topological polar surface area (TPSA) is 51.6 Å². The Morgan fingerprint density at radius 1 is 0.625 bits per heavy atom. The SMILES string of the molecule is CCCCCC[NH2+]CCCCCC.N.[Br-].[Br-]. The van der Waals surface area contributed by atoms with Crippen LogP contribution >= 0.6 is 0 Å². The number of hydrogen-bond acceptors (Lipinski definition) is 1. The van der Waals surface area contributed by atoms with Crippen LogP contribution in [0.15, 0.2) is 0 Å². The lowest BCUT2D eigenvalue weighted by molar-refractivity contribution is -0.655. The van der Waals surface area contributed by atoms with Gasteiger partial charge in [0.05, 0.1) is 13.1 Å². The lowest BCUT2D eigenvalue weighted by Gasteiger charge is -2.00. The molecule has 0 spiro atoms. The number of rotatable bonds is 10. The molecule has 0 radical (unpaired) electrons. The van der Waals surface area contributed by atoms with Crippen molar-refractivity contribution in [3.63, 3.8) is 0 Å². The van der Waals surface area contributed by atoms with Gasteiger partial charge < -0.3 is 45.4 Å². The molecule has 0 aromatic carbocycles. The van der Waals surface area contributed by atoms with Crippen LogP contribution in [0.1, 0.15) is 65.2 Å². The van der Waals surface area contributed by atoms with Crippen LogP contribution in [0.25, 0.3) is 0 Å². The van der Waals surface area contributed by atoms with Gasteiger partial charge in [0.2, 0.25) is 0 Å². The Balaban J connectivity index is -0.000000240. The van der Waals surface area contributed by atoms with Gasteiger partial charge >= 0.3 is 0 Å². The highest BCUT2D eigenvalue weighted by Gasteiger charge is 1.92. The molecule has 0 aliphatic heterocycles. The van der Waals surface area contributed by atoms with Crippen molar-refractivity contribution in [2.75, 3.05) is 13.1 Å². The summed E-state index contributed by atoms with van der Waals surface area (Å²) < 4.78 is 0. The molecule has 0 unspecified atom stereocenters. The summed E-state index contributed by atoms with van der Waals surface area (Å²) in [6.07, 6.45) is 11.3. The van der Waals surface area contributed by atoms with Crippen LogP contribution in [0.4, 0.5) is 0 Å². The van der Waals surface area contributed by atoms with Gasteiger partial charge in [0.15, 0.2) is 0 Å². The van der Waals surface area contributed by atoms with Crippen molar-refractivity contribution in [1.82, 2.24) is 6.15 Å². The minimum atomic E-state index is 0. The number of unbranched alkanes of at least 4 members (excludes halogenated alkanes) is 6. The Morgan fingerprint density at radius 2 is 1.00 bits per heavy atom. The van der Waals surface area contributed by atoms with Gasteiger partial charge in [0.25, 0.3) is 0 Å². The van der Waals surface area contributed by atoms with E-state index in [9.17, 15) is 0 Å². The van der Waals surface area contributed by atoms with Crippen LogP contribution in [0, 0.1) is 0 Å². The molecule has 0 aliphatic carbocycles. The number of quaternary nitrogens is 1. The summed E-state index contributed by atoms with van der Waals surface area (Å²) in [6.45, 7) is 7.25. The van der Waals surface area contributed by atoms with E-state index >= 15 is 0 Å². The number of nitrogens with two attached hydrogens (primary N) is 1. The summed E-state index contributed by atoms with van der Waals surface area (Å²) >= 11 is 0. The van der Waals surface area contributed by atoms with Crippen LogP contribution in [0.3, 0.4) is 0 Å². The largest absolute Gasteiger partial charge is 1.00 e. The fourth-order valence-electron chi connectivity index (χ4n) is 1.58. The molecular weight excluding hydrogens is 332 g/mol. The van der Waals surface area contributed by atoms with Gasteiger partial charge in [-0.3, -0.25) is 0 Å². The highest BCUT2D eigenvalue weighted by atomic mass is 79.9. The smallest absolute Gasteiger partial charge is 0.0755 e. The molecule has 16 heavy (non-hydrogen) atoms. The molecule has 0 rings (SSSR count). The van der Waals surface area contributed by atoms with Crippen molar-refractivity contribution in [3.05, 3.63) is 0 Å². The average molecular weight is 363 g/mol. The van der Waals surface area contributed by atoms with Crippen molar-refractivity contribution < 1.29 is 39.3 Å². The molecule has 0 saturated heterocycles. The van der Waals surface area contributed by atoms with E-state index < -0.39 is 0 Å². The van der Waals surface area contributed by atoms with E-state index in [0.29, 0.717) is 0 Å². The summed E-state index contributed by atoms with van der Waals surface area (Å²) in [7, 11) is 0. The minimum absolute atomic E-state index is 0. The van der Waals surface area contributed by atoms with Crippen molar-refractivity contribution in [2.24, 2.45) is 0 Å². The predicted molar refractivity (Wildman–Crippen MR) is 65.0 cm³/mol. The Hall–Kier alpha value is 0.880. The van der Waals surface area contributed by atoms with E-state index in [1.807, 2.05) is 0 Å². The Morgan fingerprint density at radius 3 is 1.31 bits per heavy atom. The third-order valence-corrected chi connectivity index (χ3v) is 2.52. The van der Waals surface area contributed by atoms with E-state index in [1.54, 1.807) is 0 Å². The van der Waals surface area contributed by atoms with Gasteiger partial charge in [0.1, 0.15) is 0 Å². The fourth-order valence-corrected chi connectivity index (χ4v) is 1.58. The molecule has 0 amide bonds. The maximum absolute atomic E-state index is 2.49. The zero-order chi connectivity index (χ0) is 9.78. The van der Waals surface area contributed by atoms with Crippen LogP contribution in [0.2, 0.25) is 0 Å². The number of hydrogen-bond donors (Lipinski definition) is 2. The fraction of sp³-hybridized carbons (Fsp3) is 1.00. The first kappa shape index (κ1) is 25.7. The first-order valence-electron chi connectivity index (χ1n) is 6.23. The quantitative estimate of drug-likeness (QED) is 0.397. The van der Waals surface area contributed by atoms with Crippen LogP contribution < -0.4 is 45.4 Å². The third-order valence-electron chi connectivity index (χ3n) is 2.52. The highest BCUT2D eigenvalue weighted by molar-refractivity contribution is 4.38. The predicted octanol–water partition coefficient (Wildman–Crippen LogP) is -3.12. The van der Waals surface area contributed by atoms with Crippen LogP contribution in [0.5, 0.6) is 0 Å². The zero-order valence-corrected chi connectivity index (χ0v) is 14.3. The zero-order valence-electron chi connectivity index (χ0n) is 11.1. The first-order valence-corrected chi connectivity index (χ1v) is 6.23. The van der Waals surface area contributed by atoms with Gasteiger partial charge in [0, 0.05) is 0 Å². The van der Waals surface area contributed by atoms with Crippen molar-refractivity contribution in [1.29, 1.82) is 0 Å². The van der Waals surface area contributed by atoms with Crippen LogP contribution in [-0.2, 0) is 0 Å². The van der Waals surface area contributed by atoms with Gasteiger partial charge in [-0.05, 0) is 25.7 Å². The van der Waals surface area contributed by atoms with Gasteiger partial charge in [-0.15, -0.1) is 0 Å². The second kappa shape index (κ2) is 24.9. The molecule has 0 heterocycles. The lowest BCUT2D eigenvalue weighted by Crippen LogP contribution is -3.00. The van der Waals surface area contributed by atoms with Gasteiger partial charge in [-0.2, -0.15) is 0 Å². The molecule has 0 aromatic rings. The summed E-state index contributed by atoms with van der Waals surface area (Å²) in [4.78, 5) is 0. The Kier molecular flexibility index (Phi) is 40.0. The molecule has 0 aliphatic rings. The molecule has 104 valence electrons. The molecule has 0 aromatic heterocycles.